The van der Waals surface area contributed by atoms with E-state index in [0.29, 0.717) is 13.2 Å². The first-order chi connectivity index (χ1) is 7.80. The lowest BCUT2D eigenvalue weighted by Crippen LogP contribution is -2.40. The van der Waals surface area contributed by atoms with Gasteiger partial charge in [-0.1, -0.05) is 6.92 Å². The second-order valence-corrected chi connectivity index (χ2v) is 4.71. The van der Waals surface area contributed by atoms with Crippen molar-refractivity contribution in [1.29, 1.82) is 0 Å². The molecule has 0 heterocycles. The summed E-state index contributed by atoms with van der Waals surface area (Å²) in [6.45, 7) is 9.77. The van der Waals surface area contributed by atoms with Gasteiger partial charge in [-0.05, 0) is 34.1 Å². The predicted molar refractivity (Wildman–Crippen MR) is 64.7 cm³/mol. The van der Waals surface area contributed by atoms with Gasteiger partial charge in [0.1, 0.15) is 12.1 Å². The summed E-state index contributed by atoms with van der Waals surface area (Å²) in [6.07, 6.45) is 0.283. The number of ether oxygens (including phenoxy) is 2. The number of rotatable bonds is 5. The minimum atomic E-state index is -0.558. The minimum absolute atomic E-state index is 0.0589. The summed E-state index contributed by atoms with van der Waals surface area (Å²) in [5, 5.41) is 0. The largest absolute Gasteiger partial charge is 0.465 e. The lowest BCUT2D eigenvalue weighted by atomic mass is 10.2. The number of carbonyl (C=O) groups excluding carboxylic acids is 2. The zero-order valence-electron chi connectivity index (χ0n) is 11.4. The SMILES string of the molecule is CCCN(CC(=O)OCC)C(=O)OC(C)(C)C. The lowest BCUT2D eigenvalue weighted by molar-refractivity contribution is -0.144. The number of hydrogen-bond acceptors (Lipinski definition) is 4. The van der Waals surface area contributed by atoms with Crippen LogP contribution in [0.4, 0.5) is 4.79 Å². The summed E-state index contributed by atoms with van der Waals surface area (Å²) in [5.41, 5.74) is -0.558. The fourth-order valence-electron chi connectivity index (χ4n) is 1.19. The Balaban J connectivity index is 4.40. The molecule has 5 heteroatoms. The fourth-order valence-corrected chi connectivity index (χ4v) is 1.19. The van der Waals surface area contributed by atoms with E-state index in [2.05, 4.69) is 0 Å². The van der Waals surface area contributed by atoms with Crippen molar-refractivity contribution in [2.75, 3.05) is 19.7 Å². The first-order valence-corrected chi connectivity index (χ1v) is 5.93. The van der Waals surface area contributed by atoms with E-state index >= 15 is 0 Å². The highest BCUT2D eigenvalue weighted by Gasteiger charge is 2.23. The summed E-state index contributed by atoms with van der Waals surface area (Å²) < 4.78 is 10.0. The molecule has 0 saturated heterocycles. The molecule has 1 amide bonds. The molecule has 0 unspecified atom stereocenters. The lowest BCUT2D eigenvalue weighted by Gasteiger charge is -2.26. The molecule has 0 aliphatic carbocycles. The van der Waals surface area contributed by atoms with E-state index in [0.717, 1.165) is 6.42 Å². The van der Waals surface area contributed by atoms with Crippen LogP contribution in [0.5, 0.6) is 0 Å². The van der Waals surface area contributed by atoms with Crippen molar-refractivity contribution in [1.82, 2.24) is 4.90 Å². The molecule has 0 rings (SSSR count). The molecule has 0 N–H and O–H groups in total. The summed E-state index contributed by atoms with van der Waals surface area (Å²) in [4.78, 5) is 24.5. The van der Waals surface area contributed by atoms with Gasteiger partial charge >= 0.3 is 12.1 Å². The van der Waals surface area contributed by atoms with E-state index in [1.807, 2.05) is 6.92 Å². The predicted octanol–water partition coefficient (Wildman–Crippen LogP) is 2.20. The zero-order valence-corrected chi connectivity index (χ0v) is 11.4. The van der Waals surface area contributed by atoms with Crippen LogP contribution in [0.3, 0.4) is 0 Å². The Labute approximate surface area is 103 Å². The van der Waals surface area contributed by atoms with E-state index in [4.69, 9.17) is 9.47 Å². The Bertz CT molecular complexity index is 258. The third kappa shape index (κ3) is 7.60. The quantitative estimate of drug-likeness (QED) is 0.697. The molecular formula is C12H23NO4. The average molecular weight is 245 g/mol. The van der Waals surface area contributed by atoms with E-state index in [-0.39, 0.29) is 6.54 Å². The number of amides is 1. The maximum Gasteiger partial charge on any atom is 0.410 e. The van der Waals surface area contributed by atoms with Crippen LogP contribution in [0.2, 0.25) is 0 Å². The van der Waals surface area contributed by atoms with Gasteiger partial charge in [0.05, 0.1) is 6.61 Å². The molecule has 0 radical (unpaired) electrons. The van der Waals surface area contributed by atoms with Gasteiger partial charge in [0, 0.05) is 6.54 Å². The molecular weight excluding hydrogens is 222 g/mol. The van der Waals surface area contributed by atoms with Gasteiger partial charge in [0.25, 0.3) is 0 Å². The van der Waals surface area contributed by atoms with Crippen molar-refractivity contribution < 1.29 is 19.1 Å². The Kier molecular flexibility index (Phi) is 6.61. The third-order valence-corrected chi connectivity index (χ3v) is 1.77. The molecule has 100 valence electrons. The standard InChI is InChI=1S/C12H23NO4/c1-6-8-13(9-10(14)16-7-2)11(15)17-12(3,4)5/h6-9H2,1-5H3. The van der Waals surface area contributed by atoms with Crippen LogP contribution in [-0.4, -0.2) is 42.3 Å². The van der Waals surface area contributed by atoms with Gasteiger partial charge < -0.3 is 9.47 Å². The maximum absolute atomic E-state index is 11.8. The molecule has 5 nitrogen and oxygen atoms in total. The topological polar surface area (TPSA) is 55.8 Å². The van der Waals surface area contributed by atoms with Crippen molar-refractivity contribution >= 4 is 12.1 Å². The highest BCUT2D eigenvalue weighted by Crippen LogP contribution is 2.10. The normalized spacial score (nSPS) is 10.9. The zero-order chi connectivity index (χ0) is 13.5. The van der Waals surface area contributed by atoms with Crippen LogP contribution in [-0.2, 0) is 14.3 Å². The van der Waals surface area contributed by atoms with E-state index in [9.17, 15) is 9.59 Å². The van der Waals surface area contributed by atoms with E-state index < -0.39 is 17.7 Å². The van der Waals surface area contributed by atoms with Crippen LogP contribution in [0.25, 0.3) is 0 Å². The summed E-state index contributed by atoms with van der Waals surface area (Å²) >= 11 is 0. The molecule has 0 aromatic rings. The van der Waals surface area contributed by atoms with Crippen molar-refractivity contribution in [3.05, 3.63) is 0 Å². The highest BCUT2D eigenvalue weighted by atomic mass is 16.6. The van der Waals surface area contributed by atoms with Crippen LogP contribution in [0, 0.1) is 0 Å². The second kappa shape index (κ2) is 7.14. The van der Waals surface area contributed by atoms with Crippen molar-refractivity contribution in [2.24, 2.45) is 0 Å². The summed E-state index contributed by atoms with van der Waals surface area (Å²) in [5.74, 6) is -0.410. The van der Waals surface area contributed by atoms with Crippen LogP contribution in [0.15, 0.2) is 0 Å². The molecule has 0 fully saturated rings. The summed E-state index contributed by atoms with van der Waals surface area (Å²) in [6, 6.07) is 0. The van der Waals surface area contributed by atoms with Gasteiger partial charge in [0.2, 0.25) is 0 Å². The van der Waals surface area contributed by atoms with Crippen molar-refractivity contribution in [3.63, 3.8) is 0 Å². The van der Waals surface area contributed by atoms with Gasteiger partial charge in [-0.15, -0.1) is 0 Å². The van der Waals surface area contributed by atoms with Crippen LogP contribution < -0.4 is 0 Å². The number of carbonyl (C=O) groups is 2. The molecule has 0 bridgehead atoms. The van der Waals surface area contributed by atoms with Gasteiger partial charge in [-0.2, -0.15) is 0 Å². The van der Waals surface area contributed by atoms with E-state index in [1.54, 1.807) is 27.7 Å². The molecule has 0 aromatic carbocycles. The summed E-state index contributed by atoms with van der Waals surface area (Å²) in [7, 11) is 0. The Hall–Kier alpha value is -1.26. The van der Waals surface area contributed by atoms with Crippen LogP contribution >= 0.6 is 0 Å². The average Bonchev–Trinajstić information content (AvgIpc) is 2.14. The van der Waals surface area contributed by atoms with Crippen molar-refractivity contribution in [2.45, 2.75) is 46.6 Å². The molecule has 0 saturated carbocycles. The molecule has 0 aromatic heterocycles. The minimum Gasteiger partial charge on any atom is -0.465 e. The molecule has 17 heavy (non-hydrogen) atoms. The first-order valence-electron chi connectivity index (χ1n) is 5.93. The Morgan fingerprint density at radius 3 is 2.18 bits per heavy atom. The van der Waals surface area contributed by atoms with Gasteiger partial charge in [0.15, 0.2) is 0 Å². The Morgan fingerprint density at radius 2 is 1.76 bits per heavy atom. The van der Waals surface area contributed by atoms with Gasteiger partial charge in [-0.3, -0.25) is 9.69 Å². The molecule has 0 aliphatic rings. The fraction of sp³-hybridized carbons (Fsp3) is 0.833. The van der Waals surface area contributed by atoms with Crippen molar-refractivity contribution in [3.8, 4) is 0 Å². The smallest absolute Gasteiger partial charge is 0.410 e. The number of hydrogen-bond donors (Lipinski definition) is 0. The molecule has 0 spiro atoms. The monoisotopic (exact) mass is 245 g/mol. The molecule has 0 atom stereocenters. The first kappa shape index (κ1) is 15.7. The number of nitrogens with zero attached hydrogens (tertiary/aromatic N) is 1. The van der Waals surface area contributed by atoms with Crippen LogP contribution in [0.1, 0.15) is 41.0 Å². The third-order valence-electron chi connectivity index (χ3n) is 1.77. The highest BCUT2D eigenvalue weighted by molar-refractivity contribution is 5.78. The number of esters is 1. The van der Waals surface area contributed by atoms with Gasteiger partial charge in [-0.25, -0.2) is 4.79 Å². The Morgan fingerprint density at radius 1 is 1.18 bits per heavy atom. The van der Waals surface area contributed by atoms with E-state index in [1.165, 1.54) is 4.90 Å². The molecule has 0 aliphatic heterocycles. The second-order valence-electron chi connectivity index (χ2n) is 4.71. The maximum atomic E-state index is 11.8.